The highest BCUT2D eigenvalue weighted by Crippen LogP contribution is 2.12. The number of carbonyl (C=O) groups excluding carboxylic acids is 1. The fourth-order valence-electron chi connectivity index (χ4n) is 1.69. The van der Waals surface area contributed by atoms with E-state index in [4.69, 9.17) is 9.84 Å². The molecule has 6 nitrogen and oxygen atoms in total. The molecule has 23 heavy (non-hydrogen) atoms. The van der Waals surface area contributed by atoms with Gasteiger partial charge in [0.2, 0.25) is 0 Å². The molecule has 0 aliphatic carbocycles. The van der Waals surface area contributed by atoms with E-state index in [0.29, 0.717) is 16.9 Å². The van der Waals surface area contributed by atoms with Crippen molar-refractivity contribution in [2.75, 3.05) is 6.61 Å². The molecule has 2 N–H and O–H groups in total. The predicted molar refractivity (Wildman–Crippen MR) is 88.8 cm³/mol. The van der Waals surface area contributed by atoms with Crippen molar-refractivity contribution in [2.24, 2.45) is 5.10 Å². The van der Waals surface area contributed by atoms with E-state index in [0.717, 1.165) is 4.47 Å². The van der Waals surface area contributed by atoms with E-state index in [1.165, 1.54) is 6.21 Å². The number of amides is 1. The van der Waals surface area contributed by atoms with E-state index in [1.807, 2.05) is 6.07 Å². The van der Waals surface area contributed by atoms with Crippen LogP contribution in [-0.4, -0.2) is 29.8 Å². The van der Waals surface area contributed by atoms with Crippen LogP contribution in [-0.2, 0) is 4.79 Å². The maximum absolute atomic E-state index is 11.9. The van der Waals surface area contributed by atoms with Gasteiger partial charge in [0.25, 0.3) is 5.91 Å². The fourth-order valence-corrected chi connectivity index (χ4v) is 2.09. The van der Waals surface area contributed by atoms with E-state index < -0.39 is 12.6 Å². The molecule has 0 aromatic heterocycles. The number of hydrazone groups is 1. The molecular weight excluding hydrogens is 364 g/mol. The number of hydrogen-bond donors (Lipinski definition) is 2. The Morgan fingerprint density at radius 2 is 2.00 bits per heavy atom. The molecule has 0 unspecified atom stereocenters. The van der Waals surface area contributed by atoms with Gasteiger partial charge in [-0.1, -0.05) is 34.1 Å². The Kier molecular flexibility index (Phi) is 5.87. The van der Waals surface area contributed by atoms with Crippen LogP contribution in [0.15, 0.2) is 58.1 Å². The van der Waals surface area contributed by atoms with E-state index in [-0.39, 0.29) is 5.91 Å². The highest BCUT2D eigenvalue weighted by molar-refractivity contribution is 9.10. The molecule has 118 valence electrons. The van der Waals surface area contributed by atoms with E-state index in [1.54, 1.807) is 42.5 Å². The quantitative estimate of drug-likeness (QED) is 0.599. The maximum atomic E-state index is 11.9. The summed E-state index contributed by atoms with van der Waals surface area (Å²) in [5.74, 6) is -0.971. The third-order valence-electron chi connectivity index (χ3n) is 2.69. The van der Waals surface area contributed by atoms with Crippen molar-refractivity contribution in [1.29, 1.82) is 0 Å². The Morgan fingerprint density at radius 3 is 2.74 bits per heavy atom. The molecule has 0 fully saturated rings. The monoisotopic (exact) mass is 376 g/mol. The molecule has 0 atom stereocenters. The number of ether oxygens (including phenoxy) is 1. The van der Waals surface area contributed by atoms with Gasteiger partial charge in [-0.05, 0) is 35.9 Å². The van der Waals surface area contributed by atoms with Crippen LogP contribution in [0, 0.1) is 0 Å². The highest BCUT2D eigenvalue weighted by Gasteiger charge is 2.04. The SMILES string of the molecule is O=C(O)COc1cccc(/C=N\NC(=O)c2cccc(Br)c2)c1. The molecule has 0 saturated heterocycles. The molecule has 0 heterocycles. The lowest BCUT2D eigenvalue weighted by Gasteiger charge is -2.03. The summed E-state index contributed by atoms with van der Waals surface area (Å²) in [5.41, 5.74) is 3.57. The zero-order valence-electron chi connectivity index (χ0n) is 11.9. The normalized spacial score (nSPS) is 10.5. The number of carbonyl (C=O) groups is 2. The minimum atomic E-state index is -1.05. The summed E-state index contributed by atoms with van der Waals surface area (Å²) in [4.78, 5) is 22.4. The molecule has 7 heteroatoms. The number of rotatable bonds is 6. The minimum Gasteiger partial charge on any atom is -0.482 e. The van der Waals surface area contributed by atoms with E-state index in [9.17, 15) is 9.59 Å². The fraction of sp³-hybridized carbons (Fsp3) is 0.0625. The molecule has 2 aromatic carbocycles. The van der Waals surface area contributed by atoms with Crippen molar-refractivity contribution < 1.29 is 19.4 Å². The Balaban J connectivity index is 1.96. The number of nitrogens with zero attached hydrogens (tertiary/aromatic N) is 1. The van der Waals surface area contributed by atoms with Gasteiger partial charge in [-0.2, -0.15) is 5.10 Å². The van der Waals surface area contributed by atoms with Gasteiger partial charge < -0.3 is 9.84 Å². The van der Waals surface area contributed by atoms with Crippen LogP contribution >= 0.6 is 15.9 Å². The van der Waals surface area contributed by atoms with Crippen molar-refractivity contribution >= 4 is 34.0 Å². The maximum Gasteiger partial charge on any atom is 0.341 e. The molecule has 2 rings (SSSR count). The third kappa shape index (κ3) is 5.55. The zero-order chi connectivity index (χ0) is 16.7. The molecule has 0 spiro atoms. The summed E-state index contributed by atoms with van der Waals surface area (Å²) in [5, 5.41) is 12.4. The van der Waals surface area contributed by atoms with Gasteiger partial charge in [-0.25, -0.2) is 10.2 Å². The van der Waals surface area contributed by atoms with Gasteiger partial charge in [0, 0.05) is 10.0 Å². The number of benzene rings is 2. The third-order valence-corrected chi connectivity index (χ3v) is 3.18. The lowest BCUT2D eigenvalue weighted by Crippen LogP contribution is -2.17. The van der Waals surface area contributed by atoms with Gasteiger partial charge >= 0.3 is 5.97 Å². The Labute approximate surface area is 140 Å². The first kappa shape index (κ1) is 16.7. The van der Waals surface area contributed by atoms with Crippen LogP contribution < -0.4 is 10.2 Å². The van der Waals surface area contributed by atoms with Crippen molar-refractivity contribution in [2.45, 2.75) is 0 Å². The lowest BCUT2D eigenvalue weighted by molar-refractivity contribution is -0.139. The van der Waals surface area contributed by atoms with Crippen LogP contribution in [0.2, 0.25) is 0 Å². The van der Waals surface area contributed by atoms with Crippen LogP contribution in [0.3, 0.4) is 0 Å². The minimum absolute atomic E-state index is 0.333. The summed E-state index contributed by atoms with van der Waals surface area (Å²) in [7, 11) is 0. The first-order valence-electron chi connectivity index (χ1n) is 6.58. The number of carboxylic acids is 1. The van der Waals surface area contributed by atoms with Gasteiger partial charge in [-0.3, -0.25) is 4.79 Å². The van der Waals surface area contributed by atoms with Gasteiger partial charge in [0.1, 0.15) is 5.75 Å². The molecule has 2 aromatic rings. The van der Waals surface area contributed by atoms with E-state index >= 15 is 0 Å². The Hall–Kier alpha value is -2.67. The summed E-state index contributed by atoms with van der Waals surface area (Å²) >= 11 is 3.29. The van der Waals surface area contributed by atoms with Gasteiger partial charge in [0.05, 0.1) is 6.21 Å². The number of carboxylic acid groups (broad SMARTS) is 1. The van der Waals surface area contributed by atoms with Gasteiger partial charge in [0.15, 0.2) is 6.61 Å². The molecule has 0 aliphatic heterocycles. The summed E-state index contributed by atoms with van der Waals surface area (Å²) in [6, 6.07) is 13.7. The Morgan fingerprint density at radius 1 is 1.22 bits per heavy atom. The summed E-state index contributed by atoms with van der Waals surface area (Å²) in [6.07, 6.45) is 1.45. The zero-order valence-corrected chi connectivity index (χ0v) is 13.5. The average Bonchev–Trinajstić information content (AvgIpc) is 2.53. The Bertz CT molecular complexity index is 746. The largest absolute Gasteiger partial charge is 0.482 e. The number of hydrogen-bond acceptors (Lipinski definition) is 4. The molecule has 1 amide bonds. The number of nitrogens with one attached hydrogen (secondary N) is 1. The van der Waals surface area contributed by atoms with Gasteiger partial charge in [-0.15, -0.1) is 0 Å². The first-order chi connectivity index (χ1) is 11.0. The van der Waals surface area contributed by atoms with Crippen LogP contribution in [0.1, 0.15) is 15.9 Å². The summed E-state index contributed by atoms with van der Waals surface area (Å²) in [6.45, 7) is -0.416. The predicted octanol–water partition coefficient (Wildman–Crippen LogP) is 2.68. The van der Waals surface area contributed by atoms with Crippen molar-refractivity contribution in [3.05, 3.63) is 64.1 Å². The standard InChI is InChI=1S/C16H13BrN2O4/c17-13-5-2-4-12(8-13)16(22)19-18-9-11-3-1-6-14(7-11)23-10-15(20)21/h1-9H,10H2,(H,19,22)(H,20,21)/b18-9-. The topological polar surface area (TPSA) is 88.0 Å². The molecule has 0 radical (unpaired) electrons. The first-order valence-corrected chi connectivity index (χ1v) is 7.37. The van der Waals surface area contributed by atoms with Crippen LogP contribution in [0.25, 0.3) is 0 Å². The molecule has 0 saturated carbocycles. The van der Waals surface area contributed by atoms with Crippen LogP contribution in [0.5, 0.6) is 5.75 Å². The summed E-state index contributed by atoms with van der Waals surface area (Å²) < 4.78 is 5.87. The number of halogens is 1. The number of aliphatic carboxylic acids is 1. The molecular formula is C16H13BrN2O4. The van der Waals surface area contributed by atoms with Crippen molar-refractivity contribution in [3.8, 4) is 5.75 Å². The lowest BCUT2D eigenvalue weighted by atomic mass is 10.2. The second-order valence-corrected chi connectivity index (χ2v) is 5.38. The second kappa shape index (κ2) is 8.09. The second-order valence-electron chi connectivity index (χ2n) is 4.46. The van der Waals surface area contributed by atoms with Crippen molar-refractivity contribution in [1.82, 2.24) is 5.43 Å². The van der Waals surface area contributed by atoms with E-state index in [2.05, 4.69) is 26.5 Å². The van der Waals surface area contributed by atoms with Crippen LogP contribution in [0.4, 0.5) is 0 Å². The molecule has 0 bridgehead atoms. The molecule has 0 aliphatic rings. The highest BCUT2D eigenvalue weighted by atomic mass is 79.9. The smallest absolute Gasteiger partial charge is 0.341 e. The van der Waals surface area contributed by atoms with Crippen molar-refractivity contribution in [3.63, 3.8) is 0 Å². The average molecular weight is 377 g/mol.